The van der Waals surface area contributed by atoms with Crippen molar-refractivity contribution in [2.75, 3.05) is 25.4 Å². The first-order valence-electron chi connectivity index (χ1n) is 9.44. The maximum absolute atomic E-state index is 11.4. The molecule has 2 aromatic rings. The summed E-state index contributed by atoms with van der Waals surface area (Å²) in [5.74, 6) is 1.32. The summed E-state index contributed by atoms with van der Waals surface area (Å²) >= 11 is 0. The summed E-state index contributed by atoms with van der Waals surface area (Å²) in [5, 5.41) is 6.34. The molecule has 0 unspecified atom stereocenters. The average Bonchev–Trinajstić information content (AvgIpc) is 3.15. The van der Waals surface area contributed by atoms with E-state index in [0.29, 0.717) is 37.9 Å². The van der Waals surface area contributed by atoms with Gasteiger partial charge in [-0.25, -0.2) is 23.1 Å². The third-order valence-corrected chi connectivity index (χ3v) is 5.35. The maximum atomic E-state index is 11.4. The van der Waals surface area contributed by atoms with Gasteiger partial charge >= 0.3 is 0 Å². The number of oxazole rings is 1. The van der Waals surface area contributed by atoms with E-state index >= 15 is 0 Å². The number of nitrogens with one attached hydrogen (secondary N) is 3. The van der Waals surface area contributed by atoms with Gasteiger partial charge in [-0.1, -0.05) is 17.7 Å². The first-order chi connectivity index (χ1) is 13.4. The number of guanidine groups is 1. The Labute approximate surface area is 190 Å². The van der Waals surface area contributed by atoms with Crippen LogP contribution in [0, 0.1) is 6.92 Å². The molecular weight excluding hydrogens is 505 g/mol. The van der Waals surface area contributed by atoms with Gasteiger partial charge in [-0.15, -0.1) is 24.0 Å². The monoisotopic (exact) mass is 535 g/mol. The first kappa shape index (κ1) is 25.4. The van der Waals surface area contributed by atoms with Crippen LogP contribution in [0.4, 0.5) is 0 Å². The Balaban J connectivity index is 0.00000420. The average molecular weight is 535 g/mol. The second kappa shape index (κ2) is 12.8. The van der Waals surface area contributed by atoms with Crippen molar-refractivity contribution in [1.29, 1.82) is 0 Å². The fourth-order valence-corrected chi connectivity index (χ4v) is 2.99. The smallest absolute Gasteiger partial charge is 0.226 e. The standard InChI is InChI=1S/C19H29N5O3S.HI/c1-4-20-19(21-11-6-12-23-28(25,26)5-2)22-13-17-14-27-18(24-17)16-9-7-15(3)8-10-16;/h7-10,14,23H,4-6,11-13H2,1-3H3,(H2,20,21,22);1H. The quantitative estimate of drug-likeness (QED) is 0.187. The SMILES string of the molecule is CCNC(=NCc1coc(-c2ccc(C)cc2)n1)NCCCNS(=O)(=O)CC.I. The number of halogens is 1. The van der Waals surface area contributed by atoms with Crippen molar-refractivity contribution >= 4 is 40.0 Å². The van der Waals surface area contributed by atoms with E-state index in [-0.39, 0.29) is 29.7 Å². The van der Waals surface area contributed by atoms with Crippen molar-refractivity contribution < 1.29 is 12.8 Å². The van der Waals surface area contributed by atoms with Crippen molar-refractivity contribution in [3.05, 3.63) is 41.8 Å². The Morgan fingerprint density at radius 1 is 1.14 bits per heavy atom. The number of hydrogen-bond acceptors (Lipinski definition) is 5. The summed E-state index contributed by atoms with van der Waals surface area (Å²) in [6.07, 6.45) is 2.27. The van der Waals surface area contributed by atoms with E-state index in [9.17, 15) is 8.42 Å². The van der Waals surface area contributed by atoms with Crippen molar-refractivity contribution in [2.45, 2.75) is 33.7 Å². The van der Waals surface area contributed by atoms with Gasteiger partial charge in [0.15, 0.2) is 5.96 Å². The van der Waals surface area contributed by atoms with Crippen LogP contribution in [0.2, 0.25) is 0 Å². The summed E-state index contributed by atoms with van der Waals surface area (Å²) in [4.78, 5) is 8.98. The number of aromatic nitrogens is 1. The summed E-state index contributed by atoms with van der Waals surface area (Å²) in [5.41, 5.74) is 2.85. The van der Waals surface area contributed by atoms with Crippen molar-refractivity contribution in [2.24, 2.45) is 4.99 Å². The molecule has 0 amide bonds. The molecule has 1 aromatic carbocycles. The number of benzene rings is 1. The number of sulfonamides is 1. The minimum absolute atomic E-state index is 0. The zero-order valence-electron chi connectivity index (χ0n) is 17.1. The molecule has 0 aliphatic rings. The number of nitrogens with zero attached hydrogens (tertiary/aromatic N) is 2. The molecule has 0 aliphatic heterocycles. The van der Waals surface area contributed by atoms with E-state index in [1.54, 1.807) is 13.2 Å². The molecular formula is C19H30IN5O3S. The highest BCUT2D eigenvalue weighted by atomic mass is 127. The molecule has 2 rings (SSSR count). The highest BCUT2D eigenvalue weighted by Crippen LogP contribution is 2.19. The molecule has 1 aromatic heterocycles. The van der Waals surface area contributed by atoms with Crippen molar-refractivity contribution in [3.63, 3.8) is 0 Å². The van der Waals surface area contributed by atoms with Gasteiger partial charge in [-0.2, -0.15) is 0 Å². The molecule has 29 heavy (non-hydrogen) atoms. The largest absolute Gasteiger partial charge is 0.444 e. The van der Waals surface area contributed by atoms with Crippen LogP contribution in [0.5, 0.6) is 0 Å². The Morgan fingerprint density at radius 3 is 2.52 bits per heavy atom. The van der Waals surface area contributed by atoms with Crippen LogP contribution >= 0.6 is 24.0 Å². The molecule has 162 valence electrons. The third-order valence-electron chi connectivity index (χ3n) is 3.94. The molecule has 0 radical (unpaired) electrons. The highest BCUT2D eigenvalue weighted by Gasteiger charge is 2.07. The Hall–Kier alpha value is -1.66. The molecule has 0 bridgehead atoms. The molecule has 10 heteroatoms. The van der Waals surface area contributed by atoms with Gasteiger partial charge in [-0.3, -0.25) is 0 Å². The fraction of sp³-hybridized carbons (Fsp3) is 0.474. The second-order valence-corrected chi connectivity index (χ2v) is 8.38. The van der Waals surface area contributed by atoms with Gasteiger partial charge in [0.25, 0.3) is 0 Å². The van der Waals surface area contributed by atoms with Crippen LogP contribution in [0.3, 0.4) is 0 Å². The van der Waals surface area contributed by atoms with E-state index in [0.717, 1.165) is 17.8 Å². The van der Waals surface area contributed by atoms with Crippen LogP contribution in [-0.4, -0.2) is 44.7 Å². The number of aryl methyl sites for hydroxylation is 1. The van der Waals surface area contributed by atoms with E-state index in [2.05, 4.69) is 25.3 Å². The summed E-state index contributed by atoms with van der Waals surface area (Å²) in [6, 6.07) is 8.00. The molecule has 0 aliphatic carbocycles. The van der Waals surface area contributed by atoms with Crippen LogP contribution in [0.15, 0.2) is 39.9 Å². The van der Waals surface area contributed by atoms with Crippen molar-refractivity contribution in [3.8, 4) is 11.5 Å². The van der Waals surface area contributed by atoms with Crippen LogP contribution in [0.25, 0.3) is 11.5 Å². The first-order valence-corrected chi connectivity index (χ1v) is 11.1. The lowest BCUT2D eigenvalue weighted by Crippen LogP contribution is -2.38. The predicted molar refractivity (Wildman–Crippen MR) is 127 cm³/mol. The molecule has 0 atom stereocenters. The van der Waals surface area contributed by atoms with Gasteiger partial charge in [0, 0.05) is 25.2 Å². The van der Waals surface area contributed by atoms with E-state index in [1.165, 1.54) is 5.56 Å². The molecule has 0 fully saturated rings. The van der Waals surface area contributed by atoms with E-state index < -0.39 is 10.0 Å². The Kier molecular flexibility index (Phi) is 11.2. The lowest BCUT2D eigenvalue weighted by molar-refractivity contribution is 0.572. The molecule has 3 N–H and O–H groups in total. The van der Waals surface area contributed by atoms with Crippen LogP contribution < -0.4 is 15.4 Å². The van der Waals surface area contributed by atoms with E-state index in [4.69, 9.17) is 4.42 Å². The van der Waals surface area contributed by atoms with Crippen molar-refractivity contribution in [1.82, 2.24) is 20.3 Å². The molecule has 8 nitrogen and oxygen atoms in total. The van der Waals surface area contributed by atoms with Gasteiger partial charge in [-0.05, 0) is 39.3 Å². The lowest BCUT2D eigenvalue weighted by Gasteiger charge is -2.11. The number of rotatable bonds is 10. The molecule has 1 heterocycles. The third kappa shape index (κ3) is 9.13. The van der Waals surface area contributed by atoms with Gasteiger partial charge in [0.05, 0.1) is 12.3 Å². The maximum Gasteiger partial charge on any atom is 0.226 e. The van der Waals surface area contributed by atoms with Crippen LogP contribution in [0.1, 0.15) is 31.5 Å². The summed E-state index contributed by atoms with van der Waals surface area (Å²) in [7, 11) is -3.14. The normalized spacial score (nSPS) is 11.8. The zero-order chi connectivity index (χ0) is 20.4. The Morgan fingerprint density at radius 2 is 1.86 bits per heavy atom. The number of aliphatic imine (C=N–C) groups is 1. The summed E-state index contributed by atoms with van der Waals surface area (Å²) in [6.45, 7) is 7.74. The van der Waals surface area contributed by atoms with E-state index in [1.807, 2.05) is 38.1 Å². The minimum atomic E-state index is -3.14. The predicted octanol–water partition coefficient (Wildman–Crippen LogP) is 2.65. The molecule has 0 saturated heterocycles. The molecule has 0 spiro atoms. The fourth-order valence-electron chi connectivity index (χ4n) is 2.34. The number of hydrogen-bond donors (Lipinski definition) is 3. The lowest BCUT2D eigenvalue weighted by atomic mass is 10.1. The Bertz CT molecular complexity index is 866. The highest BCUT2D eigenvalue weighted by molar-refractivity contribution is 14.0. The van der Waals surface area contributed by atoms with Crippen LogP contribution in [-0.2, 0) is 16.6 Å². The second-order valence-electron chi connectivity index (χ2n) is 6.28. The zero-order valence-corrected chi connectivity index (χ0v) is 20.2. The summed E-state index contributed by atoms with van der Waals surface area (Å²) < 4.78 is 30.9. The van der Waals surface area contributed by atoms with Gasteiger partial charge in [0.1, 0.15) is 12.0 Å². The molecule has 0 saturated carbocycles. The van der Waals surface area contributed by atoms with Gasteiger partial charge in [0.2, 0.25) is 15.9 Å². The topological polar surface area (TPSA) is 109 Å². The minimum Gasteiger partial charge on any atom is -0.444 e. The van der Waals surface area contributed by atoms with Gasteiger partial charge < -0.3 is 15.1 Å².